The molecule has 0 unspecified atom stereocenters. The number of nitrogens with zero attached hydrogens (tertiary/aromatic N) is 2. The van der Waals surface area contributed by atoms with Crippen molar-refractivity contribution >= 4 is 16.9 Å². The van der Waals surface area contributed by atoms with Crippen LogP contribution in [0.3, 0.4) is 0 Å². The van der Waals surface area contributed by atoms with Gasteiger partial charge in [-0.05, 0) is 42.8 Å². The van der Waals surface area contributed by atoms with Gasteiger partial charge >= 0.3 is 0 Å². The lowest BCUT2D eigenvalue weighted by Gasteiger charge is -2.08. The quantitative estimate of drug-likeness (QED) is 0.721. The van der Waals surface area contributed by atoms with E-state index in [1.807, 2.05) is 42.8 Å². The molecule has 0 aliphatic carbocycles. The van der Waals surface area contributed by atoms with E-state index in [1.54, 1.807) is 18.2 Å². The average molecular weight is 338 g/mol. The molecule has 0 fully saturated rings. The van der Waals surface area contributed by atoms with Crippen molar-refractivity contribution in [2.45, 2.75) is 13.5 Å². The zero-order valence-corrected chi connectivity index (χ0v) is 14.5. The zero-order valence-electron chi connectivity index (χ0n) is 14.5. The third-order valence-electron chi connectivity index (χ3n) is 4.10. The number of imidazole rings is 1. The maximum Gasteiger partial charge on any atom is 0.251 e. The molecule has 0 aliphatic rings. The van der Waals surface area contributed by atoms with Crippen molar-refractivity contribution in [1.29, 1.82) is 0 Å². The van der Waals surface area contributed by atoms with Crippen LogP contribution in [0.25, 0.3) is 11.0 Å². The largest absolute Gasteiger partial charge is 0.492 e. The maximum atomic E-state index is 12.4. The van der Waals surface area contributed by atoms with Crippen LogP contribution in [-0.4, -0.2) is 28.6 Å². The van der Waals surface area contributed by atoms with Crippen LogP contribution in [-0.2, 0) is 13.6 Å². The molecule has 2 aromatic carbocycles. The van der Waals surface area contributed by atoms with Gasteiger partial charge in [-0.3, -0.25) is 4.79 Å². The molecule has 1 amide bonds. The van der Waals surface area contributed by atoms with Crippen LogP contribution in [0.15, 0.2) is 42.5 Å². The minimum absolute atomic E-state index is 0.143. The predicted molar refractivity (Wildman–Crippen MR) is 97.6 cm³/mol. The summed E-state index contributed by atoms with van der Waals surface area (Å²) in [6.07, 6.45) is 0. The molecule has 0 aliphatic heterocycles. The number of rotatable bonds is 6. The first-order valence-corrected chi connectivity index (χ1v) is 8.21. The standard InChI is InChI=1S/C19H22N4O2/c1-13-22-17-10-14(6-7-18(17)23(13)2)12-21-19(24)15-4-3-5-16(11-15)25-9-8-20/h3-7,10-11H,8-9,12,20H2,1-2H3,(H,21,24). The summed E-state index contributed by atoms with van der Waals surface area (Å²) < 4.78 is 7.50. The van der Waals surface area contributed by atoms with Crippen molar-refractivity contribution in [3.63, 3.8) is 0 Å². The van der Waals surface area contributed by atoms with Gasteiger partial charge in [0.2, 0.25) is 0 Å². The molecule has 0 spiro atoms. The van der Waals surface area contributed by atoms with E-state index >= 15 is 0 Å². The van der Waals surface area contributed by atoms with Crippen molar-refractivity contribution in [2.24, 2.45) is 12.8 Å². The molecule has 130 valence electrons. The van der Waals surface area contributed by atoms with Gasteiger partial charge in [-0.2, -0.15) is 0 Å². The topological polar surface area (TPSA) is 82.2 Å². The lowest BCUT2D eigenvalue weighted by atomic mass is 10.1. The summed E-state index contributed by atoms with van der Waals surface area (Å²) in [7, 11) is 1.99. The second-order valence-electron chi connectivity index (χ2n) is 5.89. The number of aryl methyl sites for hydroxylation is 2. The van der Waals surface area contributed by atoms with E-state index in [1.165, 1.54) is 0 Å². The Bertz CT molecular complexity index is 902. The highest BCUT2D eigenvalue weighted by Gasteiger charge is 2.08. The predicted octanol–water partition coefficient (Wildman–Crippen LogP) is 2.15. The molecule has 3 aromatic rings. The van der Waals surface area contributed by atoms with Crippen LogP contribution < -0.4 is 15.8 Å². The molecule has 25 heavy (non-hydrogen) atoms. The van der Waals surface area contributed by atoms with Crippen LogP contribution in [0.4, 0.5) is 0 Å². The fraction of sp³-hybridized carbons (Fsp3) is 0.263. The van der Waals surface area contributed by atoms with Crippen molar-refractivity contribution < 1.29 is 9.53 Å². The summed E-state index contributed by atoms with van der Waals surface area (Å²) in [5.74, 6) is 1.46. The first kappa shape index (κ1) is 17.0. The Kier molecular flexibility index (Phi) is 5.00. The fourth-order valence-corrected chi connectivity index (χ4v) is 2.66. The van der Waals surface area contributed by atoms with E-state index in [0.717, 1.165) is 22.4 Å². The van der Waals surface area contributed by atoms with Crippen molar-refractivity contribution in [1.82, 2.24) is 14.9 Å². The number of carbonyl (C=O) groups excluding carboxylic acids is 1. The van der Waals surface area contributed by atoms with Crippen molar-refractivity contribution in [2.75, 3.05) is 13.2 Å². The van der Waals surface area contributed by atoms with Gasteiger partial charge in [0.1, 0.15) is 18.2 Å². The molecule has 1 aromatic heterocycles. The van der Waals surface area contributed by atoms with E-state index < -0.39 is 0 Å². The van der Waals surface area contributed by atoms with E-state index in [0.29, 0.717) is 31.0 Å². The van der Waals surface area contributed by atoms with Gasteiger partial charge in [-0.15, -0.1) is 0 Å². The summed E-state index contributed by atoms with van der Waals surface area (Å²) in [5.41, 5.74) is 9.01. The molecular formula is C19H22N4O2. The highest BCUT2D eigenvalue weighted by molar-refractivity contribution is 5.94. The summed E-state index contributed by atoms with van der Waals surface area (Å²) >= 11 is 0. The average Bonchev–Trinajstić information content (AvgIpc) is 2.91. The highest BCUT2D eigenvalue weighted by atomic mass is 16.5. The van der Waals surface area contributed by atoms with Gasteiger partial charge in [0.15, 0.2) is 0 Å². The second kappa shape index (κ2) is 7.36. The number of nitrogens with one attached hydrogen (secondary N) is 1. The molecule has 0 atom stereocenters. The molecule has 0 saturated carbocycles. The fourth-order valence-electron chi connectivity index (χ4n) is 2.66. The smallest absolute Gasteiger partial charge is 0.251 e. The first-order valence-electron chi connectivity index (χ1n) is 8.21. The molecule has 0 radical (unpaired) electrons. The highest BCUT2D eigenvalue weighted by Crippen LogP contribution is 2.17. The molecule has 1 heterocycles. The Morgan fingerprint density at radius 1 is 1.28 bits per heavy atom. The van der Waals surface area contributed by atoms with Gasteiger partial charge in [0, 0.05) is 25.7 Å². The maximum absolute atomic E-state index is 12.4. The number of benzene rings is 2. The lowest BCUT2D eigenvalue weighted by molar-refractivity contribution is 0.0950. The van der Waals surface area contributed by atoms with Crippen molar-refractivity contribution in [3.05, 3.63) is 59.4 Å². The van der Waals surface area contributed by atoms with Crippen LogP contribution >= 0.6 is 0 Å². The summed E-state index contributed by atoms with van der Waals surface area (Å²) in [6.45, 7) is 3.28. The minimum atomic E-state index is -0.143. The first-order chi connectivity index (χ1) is 12.1. The molecule has 0 bridgehead atoms. The number of hydrogen-bond donors (Lipinski definition) is 2. The van der Waals surface area contributed by atoms with E-state index in [4.69, 9.17) is 10.5 Å². The Labute approximate surface area is 146 Å². The number of fused-ring (bicyclic) bond motifs is 1. The van der Waals surface area contributed by atoms with Gasteiger partial charge in [-0.25, -0.2) is 4.98 Å². The summed E-state index contributed by atoms with van der Waals surface area (Å²) in [4.78, 5) is 16.9. The number of nitrogens with two attached hydrogens (primary N) is 1. The second-order valence-corrected chi connectivity index (χ2v) is 5.89. The van der Waals surface area contributed by atoms with Crippen molar-refractivity contribution in [3.8, 4) is 5.75 Å². The molecule has 6 nitrogen and oxygen atoms in total. The molecule has 3 rings (SSSR count). The third-order valence-corrected chi connectivity index (χ3v) is 4.10. The number of carbonyl (C=O) groups is 1. The Morgan fingerprint density at radius 3 is 2.92 bits per heavy atom. The summed E-state index contributed by atoms with van der Waals surface area (Å²) in [6, 6.07) is 13.1. The molecule has 3 N–H and O–H groups in total. The summed E-state index contributed by atoms with van der Waals surface area (Å²) in [5, 5.41) is 2.93. The molecule has 0 saturated heterocycles. The number of amides is 1. The third kappa shape index (κ3) is 3.80. The molecule has 6 heteroatoms. The Morgan fingerprint density at radius 2 is 2.12 bits per heavy atom. The number of ether oxygens (including phenoxy) is 1. The van der Waals surface area contributed by atoms with Crippen LogP contribution in [0, 0.1) is 6.92 Å². The normalized spacial score (nSPS) is 10.8. The van der Waals surface area contributed by atoms with Gasteiger partial charge in [0.25, 0.3) is 5.91 Å². The monoisotopic (exact) mass is 338 g/mol. The number of aromatic nitrogens is 2. The number of hydrogen-bond acceptors (Lipinski definition) is 4. The Balaban J connectivity index is 1.67. The van der Waals surface area contributed by atoms with Gasteiger partial charge in [0.05, 0.1) is 11.0 Å². The van der Waals surface area contributed by atoms with Crippen LogP contribution in [0.2, 0.25) is 0 Å². The van der Waals surface area contributed by atoms with Crippen LogP contribution in [0.1, 0.15) is 21.7 Å². The lowest BCUT2D eigenvalue weighted by Crippen LogP contribution is -2.22. The van der Waals surface area contributed by atoms with E-state index in [9.17, 15) is 4.79 Å². The minimum Gasteiger partial charge on any atom is -0.492 e. The molecular weight excluding hydrogens is 316 g/mol. The van der Waals surface area contributed by atoms with Gasteiger partial charge in [-0.1, -0.05) is 12.1 Å². The van der Waals surface area contributed by atoms with Crippen LogP contribution in [0.5, 0.6) is 5.75 Å². The zero-order chi connectivity index (χ0) is 17.8. The van der Waals surface area contributed by atoms with E-state index in [-0.39, 0.29) is 5.91 Å². The van der Waals surface area contributed by atoms with E-state index in [2.05, 4.69) is 10.3 Å². The Hall–Kier alpha value is -2.86. The van der Waals surface area contributed by atoms with Gasteiger partial charge < -0.3 is 20.4 Å². The SMILES string of the molecule is Cc1nc2cc(CNC(=O)c3cccc(OCCN)c3)ccc2n1C.